The average molecular weight is 119 g/mol. The van der Waals surface area contributed by atoms with Crippen LogP contribution >= 0.6 is 0 Å². The first-order chi connectivity index (χ1) is 3.81. The van der Waals surface area contributed by atoms with Crippen LogP contribution in [0.3, 0.4) is 0 Å². The zero-order valence-corrected chi connectivity index (χ0v) is 4.92. The van der Waals surface area contributed by atoms with Crippen molar-refractivity contribution in [3.05, 3.63) is 0 Å². The van der Waals surface area contributed by atoms with E-state index in [4.69, 9.17) is 9.99 Å². The van der Waals surface area contributed by atoms with Crippen LogP contribution in [0.25, 0.3) is 0 Å². The molecule has 0 bridgehead atoms. The summed E-state index contributed by atoms with van der Waals surface area (Å²) in [5, 5.41) is 10.8. The van der Waals surface area contributed by atoms with Gasteiger partial charge in [0, 0.05) is 6.92 Å². The van der Waals surface area contributed by atoms with E-state index in [0.29, 0.717) is 12.5 Å². The van der Waals surface area contributed by atoms with Crippen molar-refractivity contribution >= 4 is 5.90 Å². The van der Waals surface area contributed by atoms with Crippen LogP contribution in [-0.4, -0.2) is 17.8 Å². The van der Waals surface area contributed by atoms with Crippen molar-refractivity contribution in [1.82, 2.24) is 0 Å². The van der Waals surface area contributed by atoms with E-state index in [2.05, 4.69) is 10.1 Å². The molecule has 0 amide bonds. The van der Waals surface area contributed by atoms with E-state index in [9.17, 15) is 0 Å². The Morgan fingerprint density at radius 2 is 2.38 bits per heavy atom. The molecule has 0 saturated carbocycles. The molecule has 0 aliphatic heterocycles. The number of rotatable bonds is 2. The Hall–Kier alpha value is -0.770. The molecule has 0 spiro atoms. The number of nitrogens with zero attached hydrogens (tertiary/aromatic N) is 1. The first-order valence-corrected chi connectivity index (χ1v) is 2.29. The van der Waals surface area contributed by atoms with Crippen molar-refractivity contribution in [3.8, 4) is 0 Å². The molecule has 0 aromatic heterocycles. The lowest BCUT2D eigenvalue weighted by Crippen LogP contribution is -1.98. The predicted octanol–water partition coefficient (Wildman–Crippen LogP) is 0.846. The predicted molar refractivity (Wildman–Crippen MR) is 28.4 cm³/mol. The summed E-state index contributed by atoms with van der Waals surface area (Å²) < 4.78 is 4.75. The number of hydrogen-bond donors (Lipinski definition) is 1. The molecule has 4 nitrogen and oxygen atoms in total. The zero-order valence-electron chi connectivity index (χ0n) is 4.92. The lowest BCUT2D eigenvalue weighted by molar-refractivity contribution is -0.244. The first-order valence-electron chi connectivity index (χ1n) is 2.29. The third-order valence-corrected chi connectivity index (χ3v) is 0.523. The minimum atomic E-state index is 0.315. The molecule has 1 N–H and O–H groups in total. The number of hydrogen-bond acceptors (Lipinski definition) is 4. The highest BCUT2D eigenvalue weighted by atomic mass is 17.2. The second-order valence-corrected chi connectivity index (χ2v) is 1.12. The van der Waals surface area contributed by atoms with Crippen LogP contribution < -0.4 is 0 Å². The lowest BCUT2D eigenvalue weighted by atomic mass is 10.7. The largest absolute Gasteiger partial charge is 0.479 e. The van der Waals surface area contributed by atoms with Gasteiger partial charge in [-0.1, -0.05) is 0 Å². The SMILES string of the molecule is CCO/C(C)=N/OO. The van der Waals surface area contributed by atoms with Crippen molar-refractivity contribution in [1.29, 1.82) is 0 Å². The standard InChI is InChI=1S/C4H9NO3/c1-3-7-4(2)5-8-6/h6H,3H2,1-2H3/b5-4+. The van der Waals surface area contributed by atoms with Gasteiger partial charge in [0.2, 0.25) is 5.90 Å². The Labute approximate surface area is 47.6 Å². The molecule has 0 rings (SSSR count). The van der Waals surface area contributed by atoms with E-state index in [1.54, 1.807) is 6.92 Å². The summed E-state index contributed by atoms with van der Waals surface area (Å²) >= 11 is 0. The van der Waals surface area contributed by atoms with Gasteiger partial charge in [-0.3, -0.25) is 0 Å². The molecule has 0 aromatic rings. The normalized spacial score (nSPS) is 11.1. The molecular weight excluding hydrogens is 110 g/mol. The fourth-order valence-corrected chi connectivity index (χ4v) is 0.293. The van der Waals surface area contributed by atoms with Gasteiger partial charge in [-0.2, -0.15) is 5.26 Å². The molecular formula is C4H9NO3. The summed E-state index contributed by atoms with van der Waals surface area (Å²) in [4.78, 5) is 3.42. The Morgan fingerprint density at radius 3 is 2.75 bits per heavy atom. The van der Waals surface area contributed by atoms with Crippen LogP contribution in [0.15, 0.2) is 5.16 Å². The molecule has 0 heterocycles. The molecule has 0 aliphatic carbocycles. The fraction of sp³-hybridized carbons (Fsp3) is 0.750. The molecule has 0 aliphatic rings. The smallest absolute Gasteiger partial charge is 0.226 e. The van der Waals surface area contributed by atoms with Crippen molar-refractivity contribution < 1.29 is 15.0 Å². The second kappa shape index (κ2) is 4.39. The summed E-state index contributed by atoms with van der Waals surface area (Å²) in [6.45, 7) is 3.93. The summed E-state index contributed by atoms with van der Waals surface area (Å²) in [6.07, 6.45) is 0. The van der Waals surface area contributed by atoms with Crippen LogP contribution in [0.5, 0.6) is 0 Å². The first kappa shape index (κ1) is 7.23. The van der Waals surface area contributed by atoms with E-state index in [1.165, 1.54) is 0 Å². The molecule has 0 aromatic carbocycles. The number of ether oxygens (including phenoxy) is 1. The van der Waals surface area contributed by atoms with Crippen molar-refractivity contribution in [2.24, 2.45) is 5.16 Å². The van der Waals surface area contributed by atoms with Crippen LogP contribution in [0.4, 0.5) is 0 Å². The molecule has 0 radical (unpaired) electrons. The highest BCUT2D eigenvalue weighted by molar-refractivity contribution is 5.72. The second-order valence-electron chi connectivity index (χ2n) is 1.12. The van der Waals surface area contributed by atoms with Gasteiger partial charge in [0.25, 0.3) is 0 Å². The van der Waals surface area contributed by atoms with E-state index in [0.717, 1.165) is 0 Å². The van der Waals surface area contributed by atoms with Crippen LogP contribution in [-0.2, 0) is 9.73 Å². The quantitative estimate of drug-likeness (QED) is 0.253. The Kier molecular flexibility index (Phi) is 3.97. The lowest BCUT2D eigenvalue weighted by Gasteiger charge is -1.96. The van der Waals surface area contributed by atoms with Crippen molar-refractivity contribution in [2.45, 2.75) is 13.8 Å². The van der Waals surface area contributed by atoms with Gasteiger partial charge in [0.05, 0.1) is 6.61 Å². The molecule has 0 saturated heterocycles. The third kappa shape index (κ3) is 3.42. The van der Waals surface area contributed by atoms with Crippen LogP contribution in [0.1, 0.15) is 13.8 Å². The van der Waals surface area contributed by atoms with Gasteiger partial charge < -0.3 is 4.74 Å². The van der Waals surface area contributed by atoms with Crippen molar-refractivity contribution in [2.75, 3.05) is 6.61 Å². The average Bonchev–Trinajstić information content (AvgIpc) is 1.68. The number of oxime groups is 1. The highest BCUT2D eigenvalue weighted by Crippen LogP contribution is 1.79. The molecule has 4 heteroatoms. The maximum Gasteiger partial charge on any atom is 0.226 e. The molecule has 0 fully saturated rings. The van der Waals surface area contributed by atoms with Gasteiger partial charge in [-0.15, -0.1) is 0 Å². The maximum absolute atomic E-state index is 7.70. The van der Waals surface area contributed by atoms with Gasteiger partial charge >= 0.3 is 0 Å². The highest BCUT2D eigenvalue weighted by Gasteiger charge is 1.85. The summed E-state index contributed by atoms with van der Waals surface area (Å²) in [6, 6.07) is 0. The summed E-state index contributed by atoms with van der Waals surface area (Å²) in [5.74, 6) is 0.315. The van der Waals surface area contributed by atoms with Crippen molar-refractivity contribution in [3.63, 3.8) is 0 Å². The topological polar surface area (TPSA) is 51.0 Å². The zero-order chi connectivity index (χ0) is 6.41. The van der Waals surface area contributed by atoms with E-state index >= 15 is 0 Å². The third-order valence-electron chi connectivity index (χ3n) is 0.523. The van der Waals surface area contributed by atoms with Gasteiger partial charge in [-0.25, -0.2) is 4.99 Å². The Morgan fingerprint density at radius 1 is 1.75 bits per heavy atom. The summed E-state index contributed by atoms with van der Waals surface area (Å²) in [7, 11) is 0. The molecule has 0 unspecified atom stereocenters. The summed E-state index contributed by atoms with van der Waals surface area (Å²) in [5.41, 5.74) is 0. The van der Waals surface area contributed by atoms with E-state index < -0.39 is 0 Å². The minimum Gasteiger partial charge on any atom is -0.479 e. The van der Waals surface area contributed by atoms with E-state index in [1.807, 2.05) is 6.92 Å². The maximum atomic E-state index is 7.70. The van der Waals surface area contributed by atoms with Gasteiger partial charge in [-0.05, 0) is 12.1 Å². The van der Waals surface area contributed by atoms with Gasteiger partial charge in [0.1, 0.15) is 0 Å². The molecule has 8 heavy (non-hydrogen) atoms. The van der Waals surface area contributed by atoms with Crippen LogP contribution in [0.2, 0.25) is 0 Å². The Bertz CT molecular complexity index is 81.4. The molecule has 0 atom stereocenters. The van der Waals surface area contributed by atoms with Gasteiger partial charge in [0.15, 0.2) is 0 Å². The monoisotopic (exact) mass is 119 g/mol. The minimum absolute atomic E-state index is 0.315. The van der Waals surface area contributed by atoms with E-state index in [-0.39, 0.29) is 0 Å². The fourth-order valence-electron chi connectivity index (χ4n) is 0.293. The molecule has 48 valence electrons. The van der Waals surface area contributed by atoms with Crippen LogP contribution in [0, 0.1) is 0 Å². The Balaban J connectivity index is 3.29.